The average molecular weight is 647 g/mol. The summed E-state index contributed by atoms with van der Waals surface area (Å²) in [6, 6.07) is 36.1. The van der Waals surface area contributed by atoms with Crippen LogP contribution >= 0.6 is 11.8 Å². The first kappa shape index (κ1) is 32.2. The van der Waals surface area contributed by atoms with Crippen LogP contribution in [-0.2, 0) is 22.6 Å². The van der Waals surface area contributed by atoms with Crippen LogP contribution in [0, 0.1) is 0 Å². The zero-order valence-electron chi connectivity index (χ0n) is 25.5. The quantitative estimate of drug-likeness (QED) is 0.129. The number of aliphatic hydroxyl groups excluding tert-OH is 1. The number of rotatable bonds is 11. The highest BCUT2D eigenvalue weighted by molar-refractivity contribution is 7.99. The number of hydrogen-bond acceptors (Lipinski definition) is 7. The number of carbonyl (C=O) groups excluding carboxylic acids is 1. The molecule has 0 unspecified atom stereocenters. The lowest BCUT2D eigenvalue weighted by atomic mass is 9.99. The molecule has 4 aromatic carbocycles. The third kappa shape index (κ3) is 8.14. The van der Waals surface area contributed by atoms with Gasteiger partial charge in [0, 0.05) is 36.0 Å². The van der Waals surface area contributed by atoms with Gasteiger partial charge in [-0.25, -0.2) is 9.78 Å². The molecule has 0 spiro atoms. The van der Waals surface area contributed by atoms with Crippen molar-refractivity contribution in [2.75, 3.05) is 5.75 Å². The minimum absolute atomic E-state index is 0.0415. The van der Waals surface area contributed by atoms with Crippen molar-refractivity contribution in [3.05, 3.63) is 155 Å². The number of aromatic carboxylic acids is 1. The summed E-state index contributed by atoms with van der Waals surface area (Å²) in [5.41, 5.74) is 6.35. The van der Waals surface area contributed by atoms with Crippen LogP contribution in [0.4, 0.5) is 0 Å². The molecule has 3 atom stereocenters. The largest absolute Gasteiger partial charge is 0.478 e. The Morgan fingerprint density at radius 2 is 1.57 bits per heavy atom. The summed E-state index contributed by atoms with van der Waals surface area (Å²) >= 11 is 1.35. The number of carboxylic acid groups (broad SMARTS) is 1. The van der Waals surface area contributed by atoms with Gasteiger partial charge in [0.15, 0.2) is 6.29 Å². The molecule has 9 heteroatoms. The first-order valence-corrected chi connectivity index (χ1v) is 16.3. The lowest BCUT2D eigenvalue weighted by molar-refractivity contribution is -0.245. The summed E-state index contributed by atoms with van der Waals surface area (Å²) in [6.07, 6.45) is 0.937. The van der Waals surface area contributed by atoms with E-state index in [1.54, 1.807) is 30.5 Å². The second kappa shape index (κ2) is 15.2. The highest BCUT2D eigenvalue weighted by Gasteiger charge is 2.33. The van der Waals surface area contributed by atoms with Crippen molar-refractivity contribution in [2.24, 2.45) is 0 Å². The topological polar surface area (TPSA) is 118 Å². The molecule has 1 aromatic heterocycles. The minimum atomic E-state index is -1.02. The number of carboxylic acids is 1. The maximum Gasteiger partial charge on any atom is 0.338 e. The van der Waals surface area contributed by atoms with Crippen molar-refractivity contribution >= 4 is 23.6 Å². The Balaban J connectivity index is 1.21. The Bertz CT molecular complexity index is 1830. The maximum absolute atomic E-state index is 12.6. The fraction of sp³-hybridized carbons (Fsp3) is 0.184. The number of carbonyl (C=O) groups is 2. The molecule has 8 nitrogen and oxygen atoms in total. The van der Waals surface area contributed by atoms with Gasteiger partial charge in [0.25, 0.3) is 5.91 Å². The number of aromatic nitrogens is 1. The van der Waals surface area contributed by atoms with E-state index < -0.39 is 12.3 Å². The van der Waals surface area contributed by atoms with Crippen molar-refractivity contribution in [1.82, 2.24) is 10.3 Å². The van der Waals surface area contributed by atoms with Gasteiger partial charge in [-0.05, 0) is 64.2 Å². The monoisotopic (exact) mass is 646 g/mol. The number of pyridine rings is 1. The number of benzene rings is 4. The van der Waals surface area contributed by atoms with E-state index in [2.05, 4.69) is 22.4 Å². The number of nitrogens with zero attached hydrogens (tertiary/aromatic N) is 1. The van der Waals surface area contributed by atoms with Crippen molar-refractivity contribution < 1.29 is 29.3 Å². The van der Waals surface area contributed by atoms with E-state index in [4.69, 9.17) is 9.47 Å². The smallest absolute Gasteiger partial charge is 0.338 e. The van der Waals surface area contributed by atoms with Crippen molar-refractivity contribution in [3.63, 3.8) is 0 Å². The second-order valence-electron chi connectivity index (χ2n) is 11.2. The van der Waals surface area contributed by atoms with E-state index in [9.17, 15) is 19.8 Å². The number of aliphatic hydroxyl groups is 1. The molecule has 0 radical (unpaired) electrons. The fourth-order valence-electron chi connectivity index (χ4n) is 5.46. The van der Waals surface area contributed by atoms with E-state index in [1.165, 1.54) is 11.8 Å². The summed E-state index contributed by atoms with van der Waals surface area (Å²) in [7, 11) is 0. The molecule has 5 aromatic rings. The van der Waals surface area contributed by atoms with Gasteiger partial charge in [-0.1, -0.05) is 78.9 Å². The van der Waals surface area contributed by atoms with E-state index in [0.717, 1.165) is 33.4 Å². The number of nitrogens with one attached hydrogen (secondary N) is 1. The van der Waals surface area contributed by atoms with Gasteiger partial charge in [0.05, 0.1) is 24.4 Å². The predicted molar refractivity (Wildman–Crippen MR) is 180 cm³/mol. The number of amides is 1. The third-order valence-electron chi connectivity index (χ3n) is 7.93. The molecule has 47 heavy (non-hydrogen) atoms. The van der Waals surface area contributed by atoms with Gasteiger partial charge in [-0.15, -0.1) is 11.8 Å². The van der Waals surface area contributed by atoms with Crippen molar-refractivity contribution in [1.29, 1.82) is 0 Å². The van der Waals surface area contributed by atoms with Crippen molar-refractivity contribution in [3.8, 4) is 11.1 Å². The molecule has 6 rings (SSSR count). The van der Waals surface area contributed by atoms with Crippen LogP contribution in [0.1, 0.15) is 61.8 Å². The summed E-state index contributed by atoms with van der Waals surface area (Å²) in [5.74, 6) is -0.661. The third-order valence-corrected chi connectivity index (χ3v) is 9.07. The molecule has 1 amide bonds. The van der Waals surface area contributed by atoms with Gasteiger partial charge in [-0.3, -0.25) is 4.79 Å². The first-order valence-electron chi connectivity index (χ1n) is 15.3. The van der Waals surface area contributed by atoms with Gasteiger partial charge in [0.1, 0.15) is 5.03 Å². The van der Waals surface area contributed by atoms with Crippen LogP contribution in [-0.4, -0.2) is 38.9 Å². The lowest BCUT2D eigenvalue weighted by Crippen LogP contribution is -2.31. The number of hydrogen-bond donors (Lipinski definition) is 3. The molecule has 1 fully saturated rings. The van der Waals surface area contributed by atoms with Gasteiger partial charge in [-0.2, -0.15) is 0 Å². The number of thioether (sulfide) groups is 1. The van der Waals surface area contributed by atoms with E-state index >= 15 is 0 Å². The molecule has 3 N–H and O–H groups in total. The van der Waals surface area contributed by atoms with Crippen LogP contribution in [0.15, 0.2) is 126 Å². The van der Waals surface area contributed by atoms with E-state index in [0.29, 0.717) is 29.3 Å². The van der Waals surface area contributed by atoms with Crippen LogP contribution < -0.4 is 5.32 Å². The molecular formula is C38H34N2O6S. The molecule has 1 saturated heterocycles. The molecular weight excluding hydrogens is 612 g/mol. The summed E-state index contributed by atoms with van der Waals surface area (Å²) in [4.78, 5) is 28.6. The fourth-order valence-corrected chi connectivity index (χ4v) is 6.47. The highest BCUT2D eigenvalue weighted by Crippen LogP contribution is 2.40. The Labute approximate surface area is 277 Å². The van der Waals surface area contributed by atoms with Gasteiger partial charge in [0.2, 0.25) is 0 Å². The van der Waals surface area contributed by atoms with Crippen molar-refractivity contribution in [2.45, 2.75) is 43.1 Å². The normalized spacial score (nSPS) is 17.6. The minimum Gasteiger partial charge on any atom is -0.478 e. The van der Waals surface area contributed by atoms with Crippen LogP contribution in [0.3, 0.4) is 0 Å². The summed E-state index contributed by atoms with van der Waals surface area (Å²) < 4.78 is 13.1. The highest BCUT2D eigenvalue weighted by atomic mass is 32.2. The summed E-state index contributed by atoms with van der Waals surface area (Å²) in [5, 5.41) is 22.6. The lowest BCUT2D eigenvalue weighted by Gasteiger charge is -2.36. The first-order chi connectivity index (χ1) is 23.0. The van der Waals surface area contributed by atoms with Gasteiger partial charge >= 0.3 is 5.97 Å². The summed E-state index contributed by atoms with van der Waals surface area (Å²) in [6.45, 7) is 0.353. The Kier molecular flexibility index (Phi) is 10.4. The molecule has 0 bridgehead atoms. The molecule has 0 saturated carbocycles. The molecule has 2 heterocycles. The SMILES string of the molecule is O=C(NCc1cccc(-c2cccc([C@H]3O[C@@H](CSc4ncccc4C(=O)O)C[C@@H](c4ccc(CO)cc4)O3)c2)c1)c1ccccc1. The molecule has 1 aliphatic heterocycles. The number of ether oxygens (including phenoxy) is 2. The Hall–Kier alpha value is -4.80. The average Bonchev–Trinajstić information content (AvgIpc) is 3.13. The molecule has 238 valence electrons. The van der Waals surface area contributed by atoms with Gasteiger partial charge < -0.3 is 25.0 Å². The molecule has 0 aliphatic carbocycles. The Morgan fingerprint density at radius 3 is 2.34 bits per heavy atom. The van der Waals surface area contributed by atoms with Crippen LogP contribution in [0.5, 0.6) is 0 Å². The molecule has 1 aliphatic rings. The zero-order chi connectivity index (χ0) is 32.6. The van der Waals surface area contributed by atoms with E-state index in [-0.39, 0.29) is 30.3 Å². The standard InChI is InChI=1S/C38H34N2O6S/c41-23-25-14-16-27(17-15-25)34-21-32(24-47-36-33(37(43)44)13-6-18-39-36)45-38(46-34)31-12-5-11-30(20-31)29-10-4-7-26(19-29)22-40-35(42)28-8-2-1-3-9-28/h1-20,32,34,38,41H,21-24H2,(H,40,42)(H,43,44)/t32-,34+,38+/m1/s1. The zero-order valence-corrected chi connectivity index (χ0v) is 26.3. The Morgan fingerprint density at radius 1 is 0.809 bits per heavy atom. The van der Waals surface area contributed by atoms with E-state index in [1.807, 2.05) is 78.9 Å². The van der Waals surface area contributed by atoms with Crippen LogP contribution in [0.25, 0.3) is 11.1 Å². The van der Waals surface area contributed by atoms with Crippen LogP contribution in [0.2, 0.25) is 0 Å². The predicted octanol–water partition coefficient (Wildman–Crippen LogP) is 7.21. The second-order valence-corrected chi connectivity index (χ2v) is 12.2. The maximum atomic E-state index is 12.6.